The van der Waals surface area contributed by atoms with Crippen molar-refractivity contribution in [2.45, 2.75) is 25.7 Å². The summed E-state index contributed by atoms with van der Waals surface area (Å²) in [5.74, 6) is -0.754. The van der Waals surface area contributed by atoms with Gasteiger partial charge in [0.1, 0.15) is 0 Å². The number of rotatable bonds is 4. The van der Waals surface area contributed by atoms with Crippen LogP contribution in [0.15, 0.2) is 30.3 Å². The van der Waals surface area contributed by atoms with Gasteiger partial charge in [-0.05, 0) is 19.4 Å². The van der Waals surface area contributed by atoms with E-state index in [4.69, 9.17) is 14.7 Å². The van der Waals surface area contributed by atoms with E-state index in [0.717, 1.165) is 5.56 Å². The summed E-state index contributed by atoms with van der Waals surface area (Å²) < 4.78 is 10.7. The van der Waals surface area contributed by atoms with Gasteiger partial charge < -0.3 is 9.47 Å². The Bertz CT molecular complexity index is 340. The van der Waals surface area contributed by atoms with Crippen LogP contribution in [0.4, 0.5) is 0 Å². The number of hydrogen-bond acceptors (Lipinski definition) is 3. The standard InChI is InChI=1S/C12H15NO2/c1-12(2,14-3)15-11(9-13)10-7-5-4-6-8-10/h4-8,11H,1-3H3/t11-/m1/s1. The fourth-order valence-electron chi connectivity index (χ4n) is 1.13. The first kappa shape index (κ1) is 11.7. The van der Waals surface area contributed by atoms with Crippen molar-refractivity contribution in [1.29, 1.82) is 5.26 Å². The molecule has 0 N–H and O–H groups in total. The summed E-state index contributed by atoms with van der Waals surface area (Å²) in [6, 6.07) is 11.5. The summed E-state index contributed by atoms with van der Waals surface area (Å²) in [7, 11) is 1.55. The van der Waals surface area contributed by atoms with Crippen molar-refractivity contribution in [3.63, 3.8) is 0 Å². The average molecular weight is 205 g/mol. The van der Waals surface area contributed by atoms with Crippen LogP contribution in [0.25, 0.3) is 0 Å². The minimum absolute atomic E-state index is 0.596. The molecule has 3 nitrogen and oxygen atoms in total. The van der Waals surface area contributed by atoms with E-state index in [9.17, 15) is 0 Å². The SMILES string of the molecule is COC(C)(C)O[C@H](C#N)c1ccccc1. The number of methoxy groups -OCH3 is 1. The molecule has 0 amide bonds. The Hall–Kier alpha value is -1.37. The van der Waals surface area contributed by atoms with E-state index in [1.807, 2.05) is 30.3 Å². The quantitative estimate of drug-likeness (QED) is 0.709. The molecule has 0 heterocycles. The van der Waals surface area contributed by atoms with Gasteiger partial charge in [0, 0.05) is 7.11 Å². The molecule has 0 aliphatic heterocycles. The summed E-state index contributed by atoms with van der Waals surface area (Å²) >= 11 is 0. The monoisotopic (exact) mass is 205 g/mol. The zero-order valence-electron chi connectivity index (χ0n) is 9.23. The third-order valence-corrected chi connectivity index (χ3v) is 2.11. The van der Waals surface area contributed by atoms with Crippen LogP contribution in [-0.4, -0.2) is 12.9 Å². The molecule has 1 aromatic carbocycles. The van der Waals surface area contributed by atoms with Crippen molar-refractivity contribution in [3.05, 3.63) is 35.9 Å². The van der Waals surface area contributed by atoms with Crippen LogP contribution in [-0.2, 0) is 9.47 Å². The molecule has 0 radical (unpaired) electrons. The molecular formula is C12H15NO2. The molecule has 0 fully saturated rings. The number of ether oxygens (including phenoxy) is 2. The number of hydrogen-bond donors (Lipinski definition) is 0. The van der Waals surface area contributed by atoms with Gasteiger partial charge in [-0.1, -0.05) is 30.3 Å². The summed E-state index contributed by atoms with van der Waals surface area (Å²) in [6.45, 7) is 3.56. The van der Waals surface area contributed by atoms with E-state index in [-0.39, 0.29) is 0 Å². The highest BCUT2D eigenvalue weighted by Crippen LogP contribution is 2.23. The van der Waals surface area contributed by atoms with Crippen LogP contribution in [0, 0.1) is 11.3 Å². The van der Waals surface area contributed by atoms with Gasteiger partial charge >= 0.3 is 0 Å². The minimum Gasteiger partial charge on any atom is -0.354 e. The highest BCUT2D eigenvalue weighted by Gasteiger charge is 2.23. The molecule has 80 valence electrons. The van der Waals surface area contributed by atoms with Gasteiger partial charge in [0.2, 0.25) is 0 Å². The van der Waals surface area contributed by atoms with Crippen molar-refractivity contribution in [2.24, 2.45) is 0 Å². The Labute approximate surface area is 90.2 Å². The third-order valence-electron chi connectivity index (χ3n) is 2.11. The molecule has 0 unspecified atom stereocenters. The minimum atomic E-state index is -0.754. The maximum absolute atomic E-state index is 9.01. The lowest BCUT2D eigenvalue weighted by atomic mass is 10.1. The number of benzene rings is 1. The number of nitriles is 1. The molecular weight excluding hydrogens is 190 g/mol. The first-order valence-electron chi connectivity index (χ1n) is 4.76. The van der Waals surface area contributed by atoms with Crippen LogP contribution in [0.2, 0.25) is 0 Å². The second-order valence-corrected chi connectivity index (χ2v) is 3.64. The largest absolute Gasteiger partial charge is 0.354 e. The molecule has 1 atom stereocenters. The summed E-state index contributed by atoms with van der Waals surface area (Å²) in [5.41, 5.74) is 0.838. The molecule has 0 aliphatic carbocycles. The van der Waals surface area contributed by atoms with E-state index >= 15 is 0 Å². The predicted molar refractivity (Wildman–Crippen MR) is 57.0 cm³/mol. The van der Waals surface area contributed by atoms with Crippen molar-refractivity contribution in [2.75, 3.05) is 7.11 Å². The lowest BCUT2D eigenvalue weighted by Crippen LogP contribution is -2.28. The Morgan fingerprint density at radius 3 is 2.33 bits per heavy atom. The molecule has 0 saturated carbocycles. The van der Waals surface area contributed by atoms with Gasteiger partial charge in [-0.2, -0.15) is 5.26 Å². The van der Waals surface area contributed by atoms with Gasteiger partial charge in [0.25, 0.3) is 0 Å². The maximum Gasteiger partial charge on any atom is 0.172 e. The van der Waals surface area contributed by atoms with E-state index in [1.165, 1.54) is 0 Å². The molecule has 1 rings (SSSR count). The van der Waals surface area contributed by atoms with Gasteiger partial charge in [-0.3, -0.25) is 0 Å². The van der Waals surface area contributed by atoms with Crippen molar-refractivity contribution in [1.82, 2.24) is 0 Å². The predicted octanol–water partition coefficient (Wildman–Crippen LogP) is 2.65. The topological polar surface area (TPSA) is 42.2 Å². The second kappa shape index (κ2) is 4.92. The molecule has 0 aliphatic rings. The Morgan fingerprint density at radius 2 is 1.87 bits per heavy atom. The van der Waals surface area contributed by atoms with Crippen molar-refractivity contribution >= 4 is 0 Å². The van der Waals surface area contributed by atoms with Crippen LogP contribution in [0.5, 0.6) is 0 Å². The summed E-state index contributed by atoms with van der Waals surface area (Å²) in [4.78, 5) is 0. The van der Waals surface area contributed by atoms with E-state index in [0.29, 0.717) is 0 Å². The average Bonchev–Trinajstić information content (AvgIpc) is 2.27. The second-order valence-electron chi connectivity index (χ2n) is 3.64. The zero-order valence-corrected chi connectivity index (χ0v) is 9.23. The Morgan fingerprint density at radius 1 is 1.27 bits per heavy atom. The van der Waals surface area contributed by atoms with E-state index < -0.39 is 11.9 Å². The third kappa shape index (κ3) is 3.35. The molecule has 15 heavy (non-hydrogen) atoms. The Kier molecular flexibility index (Phi) is 3.84. The lowest BCUT2D eigenvalue weighted by molar-refractivity contribution is -0.213. The smallest absolute Gasteiger partial charge is 0.172 e. The van der Waals surface area contributed by atoms with Gasteiger partial charge in [-0.15, -0.1) is 0 Å². The highest BCUT2D eigenvalue weighted by molar-refractivity contribution is 5.22. The summed E-state index contributed by atoms with van der Waals surface area (Å²) in [6.07, 6.45) is -0.596. The first-order valence-corrected chi connectivity index (χ1v) is 4.76. The molecule has 0 saturated heterocycles. The van der Waals surface area contributed by atoms with Gasteiger partial charge in [0.05, 0.1) is 6.07 Å². The lowest BCUT2D eigenvalue weighted by Gasteiger charge is -2.26. The molecule has 0 bridgehead atoms. The van der Waals surface area contributed by atoms with Crippen LogP contribution >= 0.6 is 0 Å². The van der Waals surface area contributed by atoms with Gasteiger partial charge in [-0.25, -0.2) is 0 Å². The van der Waals surface area contributed by atoms with Crippen LogP contribution < -0.4 is 0 Å². The molecule has 1 aromatic rings. The van der Waals surface area contributed by atoms with Gasteiger partial charge in [0.15, 0.2) is 11.9 Å². The summed E-state index contributed by atoms with van der Waals surface area (Å²) in [5, 5.41) is 9.01. The van der Waals surface area contributed by atoms with E-state index in [2.05, 4.69) is 6.07 Å². The number of nitrogens with zero attached hydrogens (tertiary/aromatic N) is 1. The normalized spacial score (nSPS) is 13.2. The van der Waals surface area contributed by atoms with Crippen molar-refractivity contribution in [3.8, 4) is 6.07 Å². The fourth-order valence-corrected chi connectivity index (χ4v) is 1.13. The maximum atomic E-state index is 9.01. The van der Waals surface area contributed by atoms with Crippen molar-refractivity contribution < 1.29 is 9.47 Å². The van der Waals surface area contributed by atoms with Crippen LogP contribution in [0.1, 0.15) is 25.5 Å². The first-order chi connectivity index (χ1) is 7.09. The zero-order chi connectivity index (χ0) is 11.3. The van der Waals surface area contributed by atoms with Crippen LogP contribution in [0.3, 0.4) is 0 Å². The molecule has 3 heteroatoms. The molecule has 0 spiro atoms. The van der Waals surface area contributed by atoms with E-state index in [1.54, 1.807) is 21.0 Å². The highest BCUT2D eigenvalue weighted by atomic mass is 16.7. The molecule has 0 aromatic heterocycles. The Balaban J connectivity index is 2.79. The fraction of sp³-hybridized carbons (Fsp3) is 0.417.